The van der Waals surface area contributed by atoms with Gasteiger partial charge in [0.15, 0.2) is 0 Å². The van der Waals surface area contributed by atoms with Gasteiger partial charge in [0.1, 0.15) is 0 Å². The predicted molar refractivity (Wildman–Crippen MR) is 112 cm³/mol. The molecule has 1 aromatic carbocycles. The van der Waals surface area contributed by atoms with Crippen LogP contribution in [0.2, 0.25) is 0 Å². The topological polar surface area (TPSA) is 109 Å². The van der Waals surface area contributed by atoms with E-state index in [0.29, 0.717) is 12.8 Å². The molecule has 0 radical (unpaired) electrons. The second-order valence-corrected chi connectivity index (χ2v) is 9.45. The van der Waals surface area contributed by atoms with E-state index >= 15 is 0 Å². The molecule has 0 spiro atoms. The van der Waals surface area contributed by atoms with Gasteiger partial charge in [-0.3, -0.25) is 19.5 Å². The monoisotopic (exact) mass is 442 g/mol. The van der Waals surface area contributed by atoms with Crippen molar-refractivity contribution in [2.45, 2.75) is 17.7 Å². The molecule has 1 aliphatic heterocycles. The van der Waals surface area contributed by atoms with Crippen LogP contribution in [-0.2, 0) is 16.4 Å². The van der Waals surface area contributed by atoms with Crippen molar-refractivity contribution in [3.8, 4) is 11.3 Å². The molecule has 1 aliphatic rings. The largest absolute Gasteiger partial charge is 0.277 e. The first-order chi connectivity index (χ1) is 14.4. The summed E-state index contributed by atoms with van der Waals surface area (Å²) in [6.07, 6.45) is 4.64. The number of hydrogen-bond acceptors (Lipinski definition) is 7. The molecule has 3 aromatic rings. The first-order valence-corrected chi connectivity index (χ1v) is 11.5. The quantitative estimate of drug-likeness (QED) is 0.444. The Morgan fingerprint density at radius 2 is 1.80 bits per heavy atom. The number of nitrogens with zero attached hydrogens (tertiary/aromatic N) is 3. The van der Waals surface area contributed by atoms with Crippen molar-refractivity contribution in [3.05, 3.63) is 64.2 Å². The normalized spacial score (nSPS) is 13.7. The lowest BCUT2D eigenvalue weighted by Gasteiger charge is -2.07. The molecule has 30 heavy (non-hydrogen) atoms. The second kappa shape index (κ2) is 8.05. The number of aryl methyl sites for hydroxylation is 1. The number of aromatic nitrogens is 2. The van der Waals surface area contributed by atoms with Crippen molar-refractivity contribution in [3.63, 3.8) is 0 Å². The van der Waals surface area contributed by atoms with E-state index in [1.54, 1.807) is 12.4 Å². The lowest BCUT2D eigenvalue weighted by atomic mass is 10.1. The summed E-state index contributed by atoms with van der Waals surface area (Å²) in [5.41, 5.74) is 2.19. The summed E-state index contributed by atoms with van der Waals surface area (Å²) in [7, 11) is -2.42. The number of hydrogen-bond donors (Lipinski definition) is 1. The molecule has 0 saturated carbocycles. The van der Waals surface area contributed by atoms with Gasteiger partial charge in [-0.15, -0.1) is 11.3 Å². The fourth-order valence-electron chi connectivity index (χ4n) is 3.12. The van der Waals surface area contributed by atoms with E-state index in [1.165, 1.54) is 36.6 Å². The lowest BCUT2D eigenvalue weighted by Crippen LogP contribution is -2.25. The van der Waals surface area contributed by atoms with E-state index in [4.69, 9.17) is 0 Å². The second-order valence-electron chi connectivity index (χ2n) is 6.74. The highest BCUT2D eigenvalue weighted by molar-refractivity contribution is 7.89. The zero-order valence-corrected chi connectivity index (χ0v) is 17.7. The smallest absolute Gasteiger partial charge is 0.261 e. The summed E-state index contributed by atoms with van der Waals surface area (Å²) in [5, 5.41) is 2.89. The molecule has 0 atom stereocenters. The van der Waals surface area contributed by atoms with Gasteiger partial charge in [0, 0.05) is 43.4 Å². The minimum absolute atomic E-state index is 0.0353. The van der Waals surface area contributed by atoms with Gasteiger partial charge in [0.05, 0.1) is 26.7 Å². The molecule has 8 nitrogen and oxygen atoms in total. The van der Waals surface area contributed by atoms with Gasteiger partial charge in [-0.2, -0.15) is 0 Å². The molecule has 10 heteroatoms. The Morgan fingerprint density at radius 3 is 2.57 bits per heavy atom. The van der Waals surface area contributed by atoms with E-state index in [0.717, 1.165) is 21.2 Å². The van der Waals surface area contributed by atoms with Crippen LogP contribution in [0, 0.1) is 0 Å². The molecular formula is C20H18N4O4S2. The average Bonchev–Trinajstić information content (AvgIpc) is 3.31. The first kappa shape index (κ1) is 20.3. The van der Waals surface area contributed by atoms with E-state index in [9.17, 15) is 18.0 Å². The van der Waals surface area contributed by atoms with Crippen LogP contribution in [0.15, 0.2) is 53.0 Å². The zero-order chi connectivity index (χ0) is 21.3. The maximum absolute atomic E-state index is 12.6. The lowest BCUT2D eigenvalue weighted by molar-refractivity contribution is 0.0693. The third kappa shape index (κ3) is 3.89. The fraction of sp³-hybridized carbons (Fsp3) is 0.200. The number of sulfonamides is 1. The first-order valence-electron chi connectivity index (χ1n) is 9.18. The van der Waals surface area contributed by atoms with Crippen molar-refractivity contribution in [1.82, 2.24) is 19.6 Å². The Morgan fingerprint density at radius 1 is 1.07 bits per heavy atom. The molecule has 154 valence electrons. The maximum Gasteiger partial charge on any atom is 0.261 e. The van der Waals surface area contributed by atoms with E-state index in [-0.39, 0.29) is 22.6 Å². The molecule has 1 N–H and O–H groups in total. The highest BCUT2D eigenvalue weighted by Gasteiger charge is 2.33. The number of rotatable bonds is 7. The van der Waals surface area contributed by atoms with Crippen LogP contribution >= 0.6 is 11.3 Å². The highest BCUT2D eigenvalue weighted by atomic mass is 32.2. The minimum atomic E-state index is -3.79. The zero-order valence-electron chi connectivity index (χ0n) is 16.0. The highest BCUT2D eigenvalue weighted by Crippen LogP contribution is 2.25. The number of amides is 2. The number of imide groups is 1. The number of nitrogens with one attached hydrogen (secondary N) is 1. The van der Waals surface area contributed by atoms with Gasteiger partial charge >= 0.3 is 0 Å². The molecule has 0 unspecified atom stereocenters. The number of fused-ring (bicyclic) bond motifs is 1. The van der Waals surface area contributed by atoms with E-state index in [2.05, 4.69) is 14.7 Å². The van der Waals surface area contributed by atoms with Crippen molar-refractivity contribution in [2.24, 2.45) is 0 Å². The third-order valence-electron chi connectivity index (χ3n) is 4.76. The molecule has 0 saturated heterocycles. The minimum Gasteiger partial charge on any atom is -0.277 e. The Bertz CT molecular complexity index is 1220. The van der Waals surface area contributed by atoms with Gasteiger partial charge in [-0.25, -0.2) is 18.1 Å². The molecule has 2 amide bonds. The van der Waals surface area contributed by atoms with Gasteiger partial charge < -0.3 is 0 Å². The van der Waals surface area contributed by atoms with Gasteiger partial charge in [-0.05, 0) is 36.8 Å². The van der Waals surface area contributed by atoms with Crippen LogP contribution in [0.3, 0.4) is 0 Å². The number of pyridine rings is 1. The maximum atomic E-state index is 12.6. The summed E-state index contributed by atoms with van der Waals surface area (Å²) in [4.78, 5) is 33.5. The third-order valence-corrected chi connectivity index (χ3v) is 7.13. The van der Waals surface area contributed by atoms with Crippen LogP contribution in [0.25, 0.3) is 11.3 Å². The predicted octanol–water partition coefficient (Wildman–Crippen LogP) is 2.34. The molecule has 0 fully saturated rings. The summed E-state index contributed by atoms with van der Waals surface area (Å²) in [5.74, 6) is -0.928. The Hall–Kier alpha value is -2.95. The van der Waals surface area contributed by atoms with Gasteiger partial charge in [-0.1, -0.05) is 0 Å². The molecule has 4 rings (SSSR count). The summed E-state index contributed by atoms with van der Waals surface area (Å²) >= 11 is 1.53. The Kier molecular flexibility index (Phi) is 5.46. The molecule has 2 aromatic heterocycles. The molecule has 0 bridgehead atoms. The standard InChI is InChI=1S/C20H18N4O4S2/c1-24-19(25)15-5-4-14(11-16(15)20(24)26)30(27,28)22-8-2-3-18-23-17(12-29-18)13-6-9-21-10-7-13/h4-7,9-12,22H,2-3,8H2,1H3. The van der Waals surface area contributed by atoms with E-state index in [1.807, 2.05) is 17.5 Å². The summed E-state index contributed by atoms with van der Waals surface area (Å²) < 4.78 is 27.7. The van der Waals surface area contributed by atoms with Crippen LogP contribution < -0.4 is 4.72 Å². The average molecular weight is 443 g/mol. The fourth-order valence-corrected chi connectivity index (χ4v) is 5.07. The van der Waals surface area contributed by atoms with E-state index < -0.39 is 21.8 Å². The number of carbonyl (C=O) groups excluding carboxylic acids is 2. The summed E-state index contributed by atoms with van der Waals surface area (Å²) in [6.45, 7) is 0.233. The Labute approximate surface area is 177 Å². The molecule has 0 aliphatic carbocycles. The van der Waals surface area contributed by atoms with Crippen LogP contribution in [-0.4, -0.2) is 48.7 Å². The molecule has 3 heterocycles. The Balaban J connectivity index is 1.36. The van der Waals surface area contributed by atoms with Crippen molar-refractivity contribution in [1.29, 1.82) is 0 Å². The SMILES string of the molecule is CN1C(=O)c2ccc(S(=O)(=O)NCCCc3nc(-c4ccncc4)cs3)cc2C1=O. The summed E-state index contributed by atoms with van der Waals surface area (Å²) in [6, 6.07) is 7.75. The number of thiazole rings is 1. The van der Waals surface area contributed by atoms with Gasteiger partial charge in [0.25, 0.3) is 11.8 Å². The van der Waals surface area contributed by atoms with Crippen molar-refractivity contribution >= 4 is 33.2 Å². The number of benzene rings is 1. The van der Waals surface area contributed by atoms with Crippen molar-refractivity contribution in [2.75, 3.05) is 13.6 Å². The van der Waals surface area contributed by atoms with Crippen LogP contribution in [0.4, 0.5) is 0 Å². The van der Waals surface area contributed by atoms with Crippen molar-refractivity contribution < 1.29 is 18.0 Å². The number of carbonyl (C=O) groups is 2. The van der Waals surface area contributed by atoms with Crippen LogP contribution in [0.1, 0.15) is 32.1 Å². The van der Waals surface area contributed by atoms with Crippen LogP contribution in [0.5, 0.6) is 0 Å². The van der Waals surface area contributed by atoms with Gasteiger partial charge in [0.2, 0.25) is 10.0 Å². The molecular weight excluding hydrogens is 424 g/mol.